The molecule has 11 nitrogen and oxygen atoms in total. The van der Waals surface area contributed by atoms with Crippen LogP contribution in [-0.2, 0) is 25.7 Å². The van der Waals surface area contributed by atoms with Crippen molar-refractivity contribution in [3.8, 4) is 46.0 Å². The summed E-state index contributed by atoms with van der Waals surface area (Å²) in [7, 11) is 10.3. The normalized spacial score (nSPS) is 19.1. The van der Waals surface area contributed by atoms with Gasteiger partial charge in [0.05, 0.1) is 42.7 Å². The molecule has 62 heavy (non-hydrogen) atoms. The first-order chi connectivity index (χ1) is 28.9. The number of benzene rings is 4. The third kappa shape index (κ3) is 10.4. The molecule has 3 unspecified atom stereocenters. The zero-order valence-corrected chi connectivity index (χ0v) is 39.3. The molecule has 0 bridgehead atoms. The Morgan fingerprint density at radius 2 is 0.839 bits per heavy atom. The van der Waals surface area contributed by atoms with E-state index in [2.05, 4.69) is 70.5 Å². The standard InChI is InChI=1S/C48H61N3O8.3ClH/c1-52-41-22-31-12-18-49-37(34(31)25-44(41)55-4)9-15-48(28-30-7-8-40-47(21-30)59-29-58-40,16-10-38-35-26-45(56-5)42(53-2)23-32(35)13-19-50-38)17-11-39-36-27-46(57-6)43(54-3)24-33(36)14-20-51-39;;;/h7-8,21-27,37-39,49-51H,9-20,28-29H2,1-6H3;3*1H. The summed E-state index contributed by atoms with van der Waals surface area (Å²) in [4.78, 5) is 0. The minimum Gasteiger partial charge on any atom is -0.493 e. The van der Waals surface area contributed by atoms with E-state index in [0.717, 1.165) is 130 Å². The first-order valence-electron chi connectivity index (χ1n) is 21.2. The molecular formula is C48H64Cl3N3O8. The number of methoxy groups -OCH3 is 6. The van der Waals surface area contributed by atoms with Gasteiger partial charge >= 0.3 is 0 Å². The maximum atomic E-state index is 5.94. The molecule has 0 amide bonds. The van der Waals surface area contributed by atoms with E-state index in [0.29, 0.717) is 0 Å². The lowest BCUT2D eigenvalue weighted by Crippen LogP contribution is -2.36. The van der Waals surface area contributed by atoms with E-state index in [1.807, 2.05) is 0 Å². The van der Waals surface area contributed by atoms with Crippen molar-refractivity contribution in [3.63, 3.8) is 0 Å². The van der Waals surface area contributed by atoms with Gasteiger partial charge in [-0.1, -0.05) is 6.07 Å². The minimum atomic E-state index is -0.0742. The molecule has 340 valence electrons. The van der Waals surface area contributed by atoms with Gasteiger partial charge in [-0.25, -0.2) is 0 Å². The highest BCUT2D eigenvalue weighted by atomic mass is 35.5. The molecule has 0 fully saturated rings. The van der Waals surface area contributed by atoms with Crippen molar-refractivity contribution in [2.45, 2.75) is 82.3 Å². The van der Waals surface area contributed by atoms with E-state index in [4.69, 9.17) is 37.9 Å². The Hall–Kier alpha value is -3.97. The van der Waals surface area contributed by atoms with Gasteiger partial charge in [0.15, 0.2) is 46.0 Å². The molecule has 14 heteroatoms. The van der Waals surface area contributed by atoms with Crippen LogP contribution in [0.5, 0.6) is 46.0 Å². The van der Waals surface area contributed by atoms with Gasteiger partial charge in [0.1, 0.15) is 0 Å². The SMILES string of the molecule is COc1cc2c(cc1OC)C(CCC(CCC1NCCc3cc(OC)c(OC)cc31)(CCC1NCCc3cc(OC)c(OC)cc31)Cc1ccc3c(c1)OCO3)NCC2.Cl.Cl.Cl. The molecule has 0 spiro atoms. The summed E-state index contributed by atoms with van der Waals surface area (Å²) in [5.74, 6) is 6.31. The Labute approximate surface area is 385 Å². The molecule has 0 aliphatic carbocycles. The smallest absolute Gasteiger partial charge is 0.231 e. The van der Waals surface area contributed by atoms with Crippen LogP contribution < -0.4 is 53.8 Å². The molecule has 0 saturated heterocycles. The van der Waals surface area contributed by atoms with Crippen LogP contribution in [0.4, 0.5) is 0 Å². The van der Waals surface area contributed by atoms with Gasteiger partial charge in [-0.15, -0.1) is 37.2 Å². The fourth-order valence-electron chi connectivity index (χ4n) is 10.2. The molecule has 4 aromatic carbocycles. The monoisotopic (exact) mass is 915 g/mol. The molecule has 0 aromatic heterocycles. The van der Waals surface area contributed by atoms with Crippen molar-refractivity contribution < 1.29 is 37.9 Å². The van der Waals surface area contributed by atoms with Gasteiger partial charge in [-0.3, -0.25) is 0 Å². The minimum absolute atomic E-state index is 0. The van der Waals surface area contributed by atoms with Gasteiger partial charge in [0.2, 0.25) is 6.79 Å². The molecule has 4 heterocycles. The van der Waals surface area contributed by atoms with Crippen LogP contribution in [0.2, 0.25) is 0 Å². The molecule has 4 aliphatic heterocycles. The number of ether oxygens (including phenoxy) is 8. The van der Waals surface area contributed by atoms with Gasteiger partial charge < -0.3 is 53.8 Å². The highest BCUT2D eigenvalue weighted by molar-refractivity contribution is 5.86. The lowest BCUT2D eigenvalue weighted by molar-refractivity contribution is 0.170. The van der Waals surface area contributed by atoms with E-state index in [9.17, 15) is 0 Å². The van der Waals surface area contributed by atoms with Gasteiger partial charge in [0.25, 0.3) is 0 Å². The zero-order chi connectivity index (χ0) is 40.9. The van der Waals surface area contributed by atoms with Crippen LogP contribution >= 0.6 is 37.2 Å². The van der Waals surface area contributed by atoms with Crippen molar-refractivity contribution in [1.82, 2.24) is 16.0 Å². The molecule has 3 N–H and O–H groups in total. The highest BCUT2D eigenvalue weighted by Crippen LogP contribution is 2.48. The van der Waals surface area contributed by atoms with Crippen LogP contribution in [0.15, 0.2) is 54.6 Å². The Morgan fingerprint density at radius 1 is 0.484 bits per heavy atom. The number of fused-ring (bicyclic) bond motifs is 4. The predicted molar refractivity (Wildman–Crippen MR) is 250 cm³/mol. The highest BCUT2D eigenvalue weighted by Gasteiger charge is 2.36. The van der Waals surface area contributed by atoms with E-state index in [1.165, 1.54) is 38.9 Å². The summed E-state index contributed by atoms with van der Waals surface area (Å²) < 4.78 is 46.3. The van der Waals surface area contributed by atoms with Crippen molar-refractivity contribution in [3.05, 3.63) is 93.5 Å². The molecule has 0 radical (unpaired) electrons. The van der Waals surface area contributed by atoms with E-state index >= 15 is 0 Å². The molecule has 3 atom stereocenters. The number of hydrogen-bond acceptors (Lipinski definition) is 11. The lowest BCUT2D eigenvalue weighted by Gasteiger charge is -2.40. The second-order valence-electron chi connectivity index (χ2n) is 16.5. The number of rotatable bonds is 17. The number of halogens is 3. The maximum absolute atomic E-state index is 5.94. The van der Waals surface area contributed by atoms with Crippen LogP contribution in [0.25, 0.3) is 0 Å². The maximum Gasteiger partial charge on any atom is 0.231 e. The van der Waals surface area contributed by atoms with E-state index in [-0.39, 0.29) is 67.6 Å². The van der Waals surface area contributed by atoms with Crippen molar-refractivity contribution in [1.29, 1.82) is 0 Å². The van der Waals surface area contributed by atoms with E-state index < -0.39 is 0 Å². The number of nitrogens with one attached hydrogen (secondary N) is 3. The Kier molecular flexibility index (Phi) is 17.5. The molecular weight excluding hydrogens is 853 g/mol. The van der Waals surface area contributed by atoms with Crippen molar-refractivity contribution in [2.24, 2.45) is 5.41 Å². The summed E-state index contributed by atoms with van der Waals surface area (Å²) in [6.07, 6.45) is 9.76. The van der Waals surface area contributed by atoms with Crippen LogP contribution in [0.1, 0.15) is 95.6 Å². The largest absolute Gasteiger partial charge is 0.493 e. The second-order valence-corrected chi connectivity index (χ2v) is 16.5. The van der Waals surface area contributed by atoms with Crippen LogP contribution in [0.3, 0.4) is 0 Å². The predicted octanol–water partition coefficient (Wildman–Crippen LogP) is 9.26. The number of hydrogen-bond donors (Lipinski definition) is 3. The third-order valence-electron chi connectivity index (χ3n) is 13.3. The summed E-state index contributed by atoms with van der Waals surface area (Å²) >= 11 is 0. The summed E-state index contributed by atoms with van der Waals surface area (Å²) in [5, 5.41) is 11.7. The Morgan fingerprint density at radius 3 is 1.21 bits per heavy atom. The summed E-state index contributed by atoms with van der Waals surface area (Å²) in [6.45, 7) is 3.02. The summed E-state index contributed by atoms with van der Waals surface area (Å²) in [6, 6.07) is 20.2. The van der Waals surface area contributed by atoms with E-state index in [1.54, 1.807) is 42.7 Å². The quantitative estimate of drug-likeness (QED) is 0.0944. The van der Waals surface area contributed by atoms with Gasteiger partial charge in [-0.2, -0.15) is 0 Å². The fourth-order valence-corrected chi connectivity index (χ4v) is 10.2. The third-order valence-corrected chi connectivity index (χ3v) is 13.3. The Balaban J connectivity index is 0.00000242. The van der Waals surface area contributed by atoms with Crippen LogP contribution in [-0.4, -0.2) is 69.1 Å². The lowest BCUT2D eigenvalue weighted by atomic mass is 9.68. The molecule has 4 aromatic rings. The van der Waals surface area contributed by atoms with Crippen LogP contribution in [0, 0.1) is 5.41 Å². The first-order valence-corrected chi connectivity index (χ1v) is 21.2. The summed E-state index contributed by atoms with van der Waals surface area (Å²) in [5.41, 5.74) is 9.09. The zero-order valence-electron chi connectivity index (χ0n) is 36.8. The van der Waals surface area contributed by atoms with Crippen molar-refractivity contribution >= 4 is 37.2 Å². The average Bonchev–Trinajstić information content (AvgIpc) is 3.76. The molecule has 4 aliphatic rings. The fraction of sp³-hybridized carbons (Fsp3) is 0.500. The Bertz CT molecular complexity index is 1940. The van der Waals surface area contributed by atoms with Gasteiger partial charge in [-0.05, 0) is 177 Å². The average molecular weight is 917 g/mol. The molecule has 0 saturated carbocycles. The first kappa shape index (κ1) is 49.1. The second kappa shape index (κ2) is 22.1. The molecule has 8 rings (SSSR count). The topological polar surface area (TPSA) is 110 Å². The van der Waals surface area contributed by atoms with Gasteiger partial charge in [0, 0.05) is 18.1 Å². The van der Waals surface area contributed by atoms with Crippen molar-refractivity contribution in [2.75, 3.05) is 69.1 Å².